The first-order valence-electron chi connectivity index (χ1n) is 7.44. The van der Waals surface area contributed by atoms with Crippen molar-refractivity contribution in [2.75, 3.05) is 6.61 Å². The van der Waals surface area contributed by atoms with Crippen LogP contribution in [0.3, 0.4) is 0 Å². The van der Waals surface area contributed by atoms with Crippen LogP contribution in [0.25, 0.3) is 11.1 Å². The monoisotopic (exact) mass is 311 g/mol. The highest BCUT2D eigenvalue weighted by Crippen LogP contribution is 2.36. The van der Waals surface area contributed by atoms with E-state index in [1.807, 2.05) is 18.2 Å². The largest absolute Gasteiger partial charge is 0.465 e. The van der Waals surface area contributed by atoms with E-state index in [-0.39, 0.29) is 6.61 Å². The second kappa shape index (κ2) is 6.62. The Morgan fingerprint density at radius 2 is 2.04 bits per heavy atom. The Balaban J connectivity index is 2.07. The van der Waals surface area contributed by atoms with Gasteiger partial charge in [0, 0.05) is 11.8 Å². The van der Waals surface area contributed by atoms with Gasteiger partial charge in [0.2, 0.25) is 0 Å². The van der Waals surface area contributed by atoms with Gasteiger partial charge >= 0.3 is 5.97 Å². The molecule has 0 radical (unpaired) electrons. The first kappa shape index (κ1) is 15.2. The van der Waals surface area contributed by atoms with E-state index in [1.54, 1.807) is 37.4 Å². The van der Waals surface area contributed by atoms with Gasteiger partial charge in [0.15, 0.2) is 5.58 Å². The predicted molar refractivity (Wildman–Crippen MR) is 84.8 cm³/mol. The van der Waals surface area contributed by atoms with Gasteiger partial charge in [0.25, 0.3) is 0 Å². The third kappa shape index (κ3) is 2.96. The summed E-state index contributed by atoms with van der Waals surface area (Å²) in [6.07, 6.45) is 2.04. The molecule has 118 valence electrons. The van der Waals surface area contributed by atoms with Crippen LogP contribution in [0.5, 0.6) is 0 Å². The highest BCUT2D eigenvalue weighted by atomic mass is 16.5. The second-order valence-corrected chi connectivity index (χ2v) is 5.13. The number of nitrogens with zero attached hydrogens (tertiary/aromatic N) is 1. The zero-order chi connectivity index (χ0) is 16.2. The van der Waals surface area contributed by atoms with Gasteiger partial charge in [0.1, 0.15) is 11.4 Å². The second-order valence-electron chi connectivity index (χ2n) is 5.13. The third-order valence-corrected chi connectivity index (χ3v) is 3.69. The van der Waals surface area contributed by atoms with Crippen molar-refractivity contribution in [3.63, 3.8) is 0 Å². The highest BCUT2D eigenvalue weighted by Gasteiger charge is 2.34. The summed E-state index contributed by atoms with van der Waals surface area (Å²) in [6.45, 7) is 1.97. The van der Waals surface area contributed by atoms with Crippen LogP contribution in [0.4, 0.5) is 0 Å². The molecule has 0 unspecified atom stereocenters. The molecule has 3 rings (SSSR count). The average molecular weight is 311 g/mol. The van der Waals surface area contributed by atoms with E-state index in [0.717, 1.165) is 0 Å². The number of furan rings is 1. The zero-order valence-electron chi connectivity index (χ0n) is 12.7. The van der Waals surface area contributed by atoms with Gasteiger partial charge in [-0.1, -0.05) is 30.3 Å². The molecule has 0 bridgehead atoms. The number of hydrogen-bond donors (Lipinski definition) is 1. The molecule has 0 amide bonds. The molecule has 5 nitrogen and oxygen atoms in total. The number of benzene rings is 1. The molecule has 1 aromatic carbocycles. The minimum Gasteiger partial charge on any atom is -0.465 e. The fourth-order valence-electron chi connectivity index (χ4n) is 2.61. The first-order valence-corrected chi connectivity index (χ1v) is 7.44. The molecule has 0 aliphatic carbocycles. The molecule has 2 heterocycles. The number of carbonyl (C=O) groups is 1. The summed E-state index contributed by atoms with van der Waals surface area (Å²) < 4.78 is 10.6. The number of esters is 1. The smallest absolute Gasteiger partial charge is 0.316 e. The minimum atomic E-state index is -1.04. The number of hydrogen-bond acceptors (Lipinski definition) is 5. The van der Waals surface area contributed by atoms with E-state index in [2.05, 4.69) is 4.98 Å². The quantitative estimate of drug-likeness (QED) is 0.732. The van der Waals surface area contributed by atoms with Gasteiger partial charge in [-0.2, -0.15) is 0 Å². The maximum atomic E-state index is 12.4. The number of aliphatic hydroxyl groups is 1. The van der Waals surface area contributed by atoms with Crippen LogP contribution < -0.4 is 0 Å². The molecule has 1 N–H and O–H groups in total. The number of aromatic nitrogens is 1. The molecule has 0 fully saturated rings. The van der Waals surface area contributed by atoms with Crippen LogP contribution in [-0.4, -0.2) is 22.7 Å². The van der Waals surface area contributed by atoms with Gasteiger partial charge in [-0.25, -0.2) is 0 Å². The van der Waals surface area contributed by atoms with E-state index in [4.69, 9.17) is 9.15 Å². The van der Waals surface area contributed by atoms with Crippen LogP contribution in [0.1, 0.15) is 30.1 Å². The standard InChI is InChI=1S/C18H17NO4/c1-2-22-18(21)15(17(20)12-7-4-3-5-8-12)13-11-23-14-9-6-10-19-16(13)14/h3-11,15,17,20H,2H2,1H3/t15-,17+/m0/s1. The molecule has 0 saturated heterocycles. The topological polar surface area (TPSA) is 72.6 Å². The Kier molecular flexibility index (Phi) is 4.39. The summed E-state index contributed by atoms with van der Waals surface area (Å²) in [7, 11) is 0. The van der Waals surface area contributed by atoms with E-state index in [0.29, 0.717) is 22.2 Å². The van der Waals surface area contributed by atoms with Crippen molar-refractivity contribution in [1.82, 2.24) is 4.98 Å². The van der Waals surface area contributed by atoms with E-state index >= 15 is 0 Å². The van der Waals surface area contributed by atoms with Gasteiger partial charge < -0.3 is 14.3 Å². The first-order chi connectivity index (χ1) is 11.2. The van der Waals surface area contributed by atoms with Crippen LogP contribution in [0, 0.1) is 0 Å². The number of carbonyl (C=O) groups excluding carboxylic acids is 1. The minimum absolute atomic E-state index is 0.236. The lowest BCUT2D eigenvalue weighted by Crippen LogP contribution is -2.22. The van der Waals surface area contributed by atoms with Crippen molar-refractivity contribution < 1.29 is 19.1 Å². The molecule has 0 aliphatic heterocycles. The fourth-order valence-corrected chi connectivity index (χ4v) is 2.61. The van der Waals surface area contributed by atoms with Crippen molar-refractivity contribution in [3.8, 4) is 0 Å². The van der Waals surface area contributed by atoms with Crippen LogP contribution in [-0.2, 0) is 9.53 Å². The van der Waals surface area contributed by atoms with Crippen LogP contribution in [0.2, 0.25) is 0 Å². The van der Waals surface area contributed by atoms with Crippen LogP contribution in [0.15, 0.2) is 59.3 Å². The molecule has 0 aliphatic rings. The zero-order valence-corrected chi connectivity index (χ0v) is 12.7. The summed E-state index contributed by atoms with van der Waals surface area (Å²) in [5.41, 5.74) is 2.28. The number of aliphatic hydroxyl groups excluding tert-OH is 1. The molecule has 2 aromatic heterocycles. The number of rotatable bonds is 5. The number of pyridine rings is 1. The Morgan fingerprint density at radius 1 is 1.26 bits per heavy atom. The Hall–Kier alpha value is -2.66. The van der Waals surface area contributed by atoms with Crippen molar-refractivity contribution in [3.05, 3.63) is 66.1 Å². The molecule has 0 saturated carbocycles. The molecule has 3 aromatic rings. The normalized spacial score (nSPS) is 13.7. The fraction of sp³-hybridized carbons (Fsp3) is 0.222. The van der Waals surface area contributed by atoms with E-state index < -0.39 is 18.0 Å². The highest BCUT2D eigenvalue weighted by molar-refractivity contribution is 5.87. The predicted octanol–water partition coefficient (Wildman–Crippen LogP) is 3.21. The Bertz CT molecular complexity index is 797. The summed E-state index contributed by atoms with van der Waals surface area (Å²) in [5.74, 6) is -1.40. The lowest BCUT2D eigenvalue weighted by Gasteiger charge is -2.20. The summed E-state index contributed by atoms with van der Waals surface area (Å²) in [4.78, 5) is 16.7. The van der Waals surface area contributed by atoms with Crippen molar-refractivity contribution in [1.29, 1.82) is 0 Å². The number of ether oxygens (including phenoxy) is 1. The van der Waals surface area contributed by atoms with Gasteiger partial charge in [-0.15, -0.1) is 0 Å². The lowest BCUT2D eigenvalue weighted by molar-refractivity contribution is -0.148. The molecule has 23 heavy (non-hydrogen) atoms. The van der Waals surface area contributed by atoms with Gasteiger partial charge in [-0.05, 0) is 24.6 Å². The molecule has 0 spiro atoms. The summed E-state index contributed by atoms with van der Waals surface area (Å²) in [6, 6.07) is 12.5. The molecule has 5 heteroatoms. The van der Waals surface area contributed by atoms with Crippen molar-refractivity contribution >= 4 is 17.1 Å². The molecular formula is C18H17NO4. The maximum absolute atomic E-state index is 12.4. The Morgan fingerprint density at radius 3 is 2.78 bits per heavy atom. The van der Waals surface area contributed by atoms with Crippen molar-refractivity contribution in [2.24, 2.45) is 0 Å². The van der Waals surface area contributed by atoms with Gasteiger partial charge in [0.05, 0.1) is 19.0 Å². The SMILES string of the molecule is CCOC(=O)[C@@H](c1coc2cccnc12)[C@H](O)c1ccccc1. The molecule has 2 atom stereocenters. The number of fused-ring (bicyclic) bond motifs is 1. The molecular weight excluding hydrogens is 294 g/mol. The summed E-state index contributed by atoms with van der Waals surface area (Å²) in [5, 5.41) is 10.7. The average Bonchev–Trinajstić information content (AvgIpc) is 3.00. The third-order valence-electron chi connectivity index (χ3n) is 3.69. The van der Waals surface area contributed by atoms with E-state index in [9.17, 15) is 9.90 Å². The maximum Gasteiger partial charge on any atom is 0.316 e. The summed E-state index contributed by atoms with van der Waals surface area (Å²) >= 11 is 0. The van der Waals surface area contributed by atoms with E-state index in [1.165, 1.54) is 6.26 Å². The van der Waals surface area contributed by atoms with Gasteiger partial charge in [-0.3, -0.25) is 9.78 Å². The van der Waals surface area contributed by atoms with Crippen molar-refractivity contribution in [2.45, 2.75) is 18.9 Å². The van der Waals surface area contributed by atoms with Crippen LogP contribution >= 0.6 is 0 Å². The lowest BCUT2D eigenvalue weighted by atomic mass is 9.90. The Labute approximate surface area is 133 Å².